The number of aromatic nitrogens is 1. The molecule has 0 saturated heterocycles. The van der Waals surface area contributed by atoms with Crippen molar-refractivity contribution in [2.24, 2.45) is 0 Å². The average molecular weight is 244 g/mol. The normalized spacial score (nSPS) is 10.7. The van der Waals surface area contributed by atoms with Crippen molar-refractivity contribution < 1.29 is 9.65 Å². The fourth-order valence-corrected chi connectivity index (χ4v) is 1.42. The van der Waals surface area contributed by atoms with Gasteiger partial charge in [0.15, 0.2) is 5.69 Å². The highest BCUT2D eigenvalue weighted by atomic mass is 35.5. The molecule has 0 radical (unpaired) electrons. The lowest BCUT2D eigenvalue weighted by Crippen LogP contribution is -2.34. The first-order chi connectivity index (χ1) is 7.49. The number of hydrogen-bond donors (Lipinski definition) is 1. The van der Waals surface area contributed by atoms with Crippen molar-refractivity contribution in [2.45, 2.75) is 13.8 Å². The summed E-state index contributed by atoms with van der Waals surface area (Å²) < 4.78 is 0.522. The Morgan fingerprint density at radius 2 is 2.19 bits per heavy atom. The third-order valence-electron chi connectivity index (χ3n) is 2.06. The molecule has 16 heavy (non-hydrogen) atoms. The minimum Gasteiger partial charge on any atom is -0.618 e. The molecule has 1 aromatic rings. The Balaban J connectivity index is 3.40. The van der Waals surface area contributed by atoms with E-state index in [1.165, 1.54) is 24.7 Å². The van der Waals surface area contributed by atoms with Gasteiger partial charge in [-0.05, 0) is 0 Å². The molecule has 0 unspecified atom stereocenters. The first-order valence-corrected chi connectivity index (χ1v) is 4.82. The number of hydrogen-bond acceptors (Lipinski definition) is 4. The van der Waals surface area contributed by atoms with Gasteiger partial charge in [-0.25, -0.2) is 0 Å². The molecular formula is C9H10ClN3O3. The summed E-state index contributed by atoms with van der Waals surface area (Å²) in [6.07, 6.45) is 1.35. The minimum atomic E-state index is -0.604. The maximum Gasteiger partial charge on any atom is 0.359 e. The van der Waals surface area contributed by atoms with E-state index < -0.39 is 4.92 Å². The van der Waals surface area contributed by atoms with Gasteiger partial charge in [0.25, 0.3) is 5.69 Å². The zero-order valence-electron chi connectivity index (χ0n) is 8.73. The number of anilines is 1. The van der Waals surface area contributed by atoms with Crippen LogP contribution < -0.4 is 10.0 Å². The van der Waals surface area contributed by atoms with Gasteiger partial charge in [-0.2, -0.15) is 4.73 Å². The Bertz CT molecular complexity index is 460. The summed E-state index contributed by atoms with van der Waals surface area (Å²) in [4.78, 5) is 10.2. The molecule has 0 aliphatic carbocycles. The number of halogens is 1. The summed E-state index contributed by atoms with van der Waals surface area (Å²) in [6.45, 7) is 2.97. The number of pyridine rings is 1. The lowest BCUT2D eigenvalue weighted by atomic mass is 10.2. The zero-order valence-corrected chi connectivity index (χ0v) is 9.49. The lowest BCUT2D eigenvalue weighted by Gasteiger charge is -2.08. The highest BCUT2D eigenvalue weighted by molar-refractivity contribution is 6.25. The van der Waals surface area contributed by atoms with E-state index in [-0.39, 0.29) is 17.1 Å². The third-order valence-corrected chi connectivity index (χ3v) is 2.19. The molecule has 0 bridgehead atoms. The molecule has 7 heteroatoms. The predicted octanol–water partition coefficient (Wildman–Crippen LogP) is 1.97. The Hall–Kier alpha value is -1.82. The Morgan fingerprint density at radius 3 is 2.69 bits per heavy atom. The van der Waals surface area contributed by atoms with Gasteiger partial charge in [-0.1, -0.05) is 11.6 Å². The number of nitrogens with one attached hydrogen (secondary N) is 1. The van der Waals surface area contributed by atoms with Gasteiger partial charge in [0, 0.05) is 31.6 Å². The summed E-state index contributed by atoms with van der Waals surface area (Å²) in [5.41, 5.74) is 1.58. The van der Waals surface area contributed by atoms with E-state index in [0.717, 1.165) is 0 Å². The van der Waals surface area contributed by atoms with Crippen LogP contribution in [0.3, 0.4) is 0 Å². The molecule has 0 saturated carbocycles. The van der Waals surface area contributed by atoms with E-state index in [0.29, 0.717) is 10.4 Å². The van der Waals surface area contributed by atoms with Crippen LogP contribution >= 0.6 is 11.6 Å². The van der Waals surface area contributed by atoms with Gasteiger partial charge < -0.3 is 10.5 Å². The number of aryl methyl sites for hydroxylation is 1. The molecule has 86 valence electrons. The van der Waals surface area contributed by atoms with E-state index >= 15 is 0 Å². The molecule has 1 rings (SSSR count). The van der Waals surface area contributed by atoms with Crippen molar-refractivity contribution in [3.63, 3.8) is 0 Å². The summed E-state index contributed by atoms with van der Waals surface area (Å²) in [5, 5.41) is 24.9. The first-order valence-electron chi connectivity index (χ1n) is 4.39. The second kappa shape index (κ2) is 4.80. The molecule has 6 nitrogen and oxygen atoms in total. The molecule has 0 atom stereocenters. The van der Waals surface area contributed by atoms with E-state index in [1.54, 1.807) is 6.92 Å². The number of rotatable bonds is 3. The highest BCUT2D eigenvalue weighted by Gasteiger charge is 2.25. The second-order valence-electron chi connectivity index (χ2n) is 3.12. The van der Waals surface area contributed by atoms with Crippen LogP contribution in [0, 0.1) is 29.2 Å². The maximum atomic E-state index is 11.5. The molecule has 0 aromatic carbocycles. The van der Waals surface area contributed by atoms with Crippen molar-refractivity contribution in [1.82, 2.24) is 0 Å². The van der Waals surface area contributed by atoms with Crippen LogP contribution in [-0.2, 0) is 0 Å². The van der Waals surface area contributed by atoms with Gasteiger partial charge in [-0.15, -0.1) is 0 Å². The summed E-state index contributed by atoms with van der Waals surface area (Å²) in [5.74, 6) is 0. The minimum absolute atomic E-state index is 0.0375. The summed E-state index contributed by atoms with van der Waals surface area (Å²) >= 11 is 5.31. The van der Waals surface area contributed by atoms with Gasteiger partial charge in [0.1, 0.15) is 5.69 Å². The van der Waals surface area contributed by atoms with E-state index in [9.17, 15) is 15.3 Å². The maximum absolute atomic E-state index is 11.5. The molecule has 0 amide bonds. The number of nitro groups is 1. The van der Waals surface area contributed by atoms with Gasteiger partial charge in [0.2, 0.25) is 0 Å². The monoisotopic (exact) mass is 243 g/mol. The van der Waals surface area contributed by atoms with E-state index in [2.05, 4.69) is 5.32 Å². The van der Waals surface area contributed by atoms with Crippen LogP contribution in [0.2, 0.25) is 0 Å². The Labute approximate surface area is 96.9 Å². The number of nitrogens with zero attached hydrogens (tertiary/aromatic N) is 2. The highest BCUT2D eigenvalue weighted by Crippen LogP contribution is 2.26. The molecule has 1 heterocycles. The van der Waals surface area contributed by atoms with Crippen molar-refractivity contribution in [3.8, 4) is 0 Å². The summed E-state index contributed by atoms with van der Waals surface area (Å²) in [7, 11) is 0. The van der Waals surface area contributed by atoms with Crippen LogP contribution in [0.1, 0.15) is 11.4 Å². The predicted molar refractivity (Wildman–Crippen MR) is 60.1 cm³/mol. The van der Waals surface area contributed by atoms with Crippen LogP contribution in [0.4, 0.5) is 11.4 Å². The van der Waals surface area contributed by atoms with Gasteiger partial charge in [0.05, 0.1) is 4.92 Å². The SMILES string of the molecule is Cc1cc(NC=CCl)c([N+](=O)[O-])c(C)[n+]1[O-]. The largest absolute Gasteiger partial charge is 0.618 e. The lowest BCUT2D eigenvalue weighted by molar-refractivity contribution is -0.623. The standard InChI is InChI=1S/C9H10ClN3O3/c1-6-5-8(11-4-3-10)9(13(15)16)7(2)12(6)14/h3-5,11H,1-2H3. The van der Waals surface area contributed by atoms with E-state index in [4.69, 9.17) is 11.6 Å². The second-order valence-corrected chi connectivity index (χ2v) is 3.37. The molecule has 0 aliphatic heterocycles. The molecule has 1 N–H and O–H groups in total. The zero-order chi connectivity index (χ0) is 12.3. The van der Waals surface area contributed by atoms with Gasteiger partial charge >= 0.3 is 5.69 Å². The van der Waals surface area contributed by atoms with Crippen LogP contribution in [0.25, 0.3) is 0 Å². The average Bonchev–Trinajstić information content (AvgIpc) is 2.22. The van der Waals surface area contributed by atoms with Crippen molar-refractivity contribution >= 4 is 23.0 Å². The fourth-order valence-electron chi connectivity index (χ4n) is 1.35. The van der Waals surface area contributed by atoms with Crippen molar-refractivity contribution in [2.75, 3.05) is 5.32 Å². The van der Waals surface area contributed by atoms with Gasteiger partial charge in [-0.3, -0.25) is 10.1 Å². The molecule has 0 spiro atoms. The van der Waals surface area contributed by atoms with E-state index in [1.807, 2.05) is 0 Å². The Morgan fingerprint density at radius 1 is 1.56 bits per heavy atom. The van der Waals surface area contributed by atoms with Crippen LogP contribution in [-0.4, -0.2) is 4.92 Å². The summed E-state index contributed by atoms with van der Waals surface area (Å²) in [6, 6.07) is 1.40. The van der Waals surface area contributed by atoms with Crippen LogP contribution in [0.5, 0.6) is 0 Å². The topological polar surface area (TPSA) is 82.1 Å². The smallest absolute Gasteiger partial charge is 0.359 e. The molecule has 0 fully saturated rings. The fraction of sp³-hybridized carbons (Fsp3) is 0.222. The quantitative estimate of drug-likeness (QED) is 0.381. The molecule has 1 aromatic heterocycles. The Kier molecular flexibility index (Phi) is 3.68. The van der Waals surface area contributed by atoms with Crippen molar-refractivity contribution in [1.29, 1.82) is 0 Å². The third kappa shape index (κ3) is 2.22. The molecule has 0 aliphatic rings. The first kappa shape index (κ1) is 12.3. The van der Waals surface area contributed by atoms with Crippen molar-refractivity contribution in [3.05, 3.63) is 44.5 Å². The van der Waals surface area contributed by atoms with Crippen LogP contribution in [0.15, 0.2) is 17.8 Å². The molecular weight excluding hydrogens is 234 g/mol.